The topological polar surface area (TPSA) is 65.7 Å². The van der Waals surface area contributed by atoms with E-state index in [1.165, 1.54) is 0 Å². The van der Waals surface area contributed by atoms with Gasteiger partial charge in [0.1, 0.15) is 11.5 Å². The lowest BCUT2D eigenvalue weighted by Gasteiger charge is -2.12. The molecule has 5 heteroatoms. The molecule has 0 aliphatic rings. The van der Waals surface area contributed by atoms with Gasteiger partial charge >= 0.3 is 11.9 Å². The van der Waals surface area contributed by atoms with Crippen LogP contribution in [0.3, 0.4) is 0 Å². The summed E-state index contributed by atoms with van der Waals surface area (Å²) in [4.78, 5) is 23.6. The Morgan fingerprint density at radius 3 is 2.00 bits per heavy atom. The molecule has 1 heterocycles. The Balaban J connectivity index is 1.93. The van der Waals surface area contributed by atoms with Crippen LogP contribution in [0.5, 0.6) is 11.5 Å². The molecule has 3 aromatic rings. The molecule has 0 spiro atoms. The quantitative estimate of drug-likeness (QED) is 0.313. The Morgan fingerprint density at radius 2 is 1.41 bits per heavy atom. The van der Waals surface area contributed by atoms with E-state index in [9.17, 15) is 9.59 Å². The average molecular weight is 388 g/mol. The first-order valence-corrected chi connectivity index (χ1v) is 8.87. The van der Waals surface area contributed by atoms with Gasteiger partial charge in [-0.3, -0.25) is 0 Å². The van der Waals surface area contributed by atoms with Gasteiger partial charge in [-0.25, -0.2) is 9.59 Å². The van der Waals surface area contributed by atoms with Crippen molar-refractivity contribution in [1.29, 1.82) is 0 Å². The smallest absolute Gasteiger partial charge is 0.338 e. The molecule has 0 radical (unpaired) electrons. The number of hydrogen-bond donors (Lipinski definition) is 0. The van der Waals surface area contributed by atoms with Crippen LogP contribution in [0.25, 0.3) is 22.3 Å². The highest BCUT2D eigenvalue weighted by molar-refractivity contribution is 5.91. The Bertz CT molecular complexity index is 1070. The monoisotopic (exact) mass is 388 g/mol. The SMILES string of the molecule is C=C(C)C(=O)Oc1ccc(-c2ccc(OC(=O)C(=C)C)c(-c3ccoc3)c2)cc1. The van der Waals surface area contributed by atoms with Crippen LogP contribution in [0.1, 0.15) is 13.8 Å². The molecule has 0 unspecified atom stereocenters. The summed E-state index contributed by atoms with van der Waals surface area (Å²) in [6.45, 7) is 10.4. The zero-order valence-electron chi connectivity index (χ0n) is 16.2. The minimum absolute atomic E-state index is 0.312. The summed E-state index contributed by atoms with van der Waals surface area (Å²) >= 11 is 0. The third-order valence-electron chi connectivity index (χ3n) is 4.11. The summed E-state index contributed by atoms with van der Waals surface area (Å²) in [5.41, 5.74) is 3.94. The van der Waals surface area contributed by atoms with Gasteiger partial charge in [0, 0.05) is 22.3 Å². The molecule has 0 saturated heterocycles. The Hall–Kier alpha value is -3.86. The second-order valence-electron chi connectivity index (χ2n) is 6.59. The molecule has 0 bridgehead atoms. The highest BCUT2D eigenvalue weighted by Gasteiger charge is 2.14. The summed E-state index contributed by atoms with van der Waals surface area (Å²) < 4.78 is 15.9. The summed E-state index contributed by atoms with van der Waals surface area (Å²) in [6, 6.07) is 14.4. The molecule has 29 heavy (non-hydrogen) atoms. The van der Waals surface area contributed by atoms with Gasteiger partial charge in [-0.1, -0.05) is 31.4 Å². The molecular formula is C24H20O5. The van der Waals surface area contributed by atoms with E-state index in [1.807, 2.05) is 24.3 Å². The first-order valence-electron chi connectivity index (χ1n) is 8.87. The van der Waals surface area contributed by atoms with Crippen LogP contribution < -0.4 is 9.47 Å². The number of rotatable bonds is 6. The minimum atomic E-state index is -0.494. The number of carbonyl (C=O) groups is 2. The molecule has 0 N–H and O–H groups in total. The fourth-order valence-electron chi connectivity index (χ4n) is 2.54. The van der Waals surface area contributed by atoms with Crippen LogP contribution in [0.2, 0.25) is 0 Å². The number of hydrogen-bond acceptors (Lipinski definition) is 5. The average Bonchev–Trinajstić information content (AvgIpc) is 3.23. The van der Waals surface area contributed by atoms with Gasteiger partial charge in [0.25, 0.3) is 0 Å². The minimum Gasteiger partial charge on any atom is -0.472 e. The van der Waals surface area contributed by atoms with E-state index < -0.39 is 11.9 Å². The van der Waals surface area contributed by atoms with Gasteiger partial charge in [-0.15, -0.1) is 0 Å². The van der Waals surface area contributed by atoms with E-state index in [4.69, 9.17) is 13.9 Å². The van der Waals surface area contributed by atoms with Crippen molar-refractivity contribution < 1.29 is 23.5 Å². The summed E-state index contributed by atoms with van der Waals surface area (Å²) in [5, 5.41) is 0. The van der Waals surface area contributed by atoms with Crippen molar-refractivity contribution in [1.82, 2.24) is 0 Å². The molecule has 0 aliphatic carbocycles. The van der Waals surface area contributed by atoms with E-state index in [1.54, 1.807) is 50.6 Å². The Labute approximate surface area is 168 Å². The van der Waals surface area contributed by atoms with E-state index >= 15 is 0 Å². The molecule has 0 aliphatic heterocycles. The van der Waals surface area contributed by atoms with Gasteiger partial charge in [0.2, 0.25) is 0 Å². The highest BCUT2D eigenvalue weighted by Crippen LogP contribution is 2.35. The lowest BCUT2D eigenvalue weighted by atomic mass is 9.99. The van der Waals surface area contributed by atoms with Crippen molar-refractivity contribution >= 4 is 11.9 Å². The maximum absolute atomic E-state index is 12.0. The molecule has 146 valence electrons. The largest absolute Gasteiger partial charge is 0.472 e. The lowest BCUT2D eigenvalue weighted by molar-refractivity contribution is -0.130. The van der Waals surface area contributed by atoms with Gasteiger partial charge in [-0.2, -0.15) is 0 Å². The van der Waals surface area contributed by atoms with Crippen LogP contribution >= 0.6 is 0 Å². The number of ether oxygens (including phenoxy) is 2. The Morgan fingerprint density at radius 1 is 0.793 bits per heavy atom. The van der Waals surface area contributed by atoms with Crippen LogP contribution in [0.4, 0.5) is 0 Å². The molecule has 2 aromatic carbocycles. The predicted molar refractivity (Wildman–Crippen MR) is 110 cm³/mol. The molecule has 0 amide bonds. The lowest BCUT2D eigenvalue weighted by Crippen LogP contribution is -2.09. The maximum atomic E-state index is 12.0. The molecule has 0 atom stereocenters. The number of benzene rings is 2. The van der Waals surface area contributed by atoms with Gasteiger partial charge < -0.3 is 13.9 Å². The fourth-order valence-corrected chi connectivity index (χ4v) is 2.54. The van der Waals surface area contributed by atoms with Crippen molar-refractivity contribution in [3.8, 4) is 33.8 Å². The van der Waals surface area contributed by atoms with Gasteiger partial charge in [0.15, 0.2) is 0 Å². The molecule has 3 rings (SSSR count). The van der Waals surface area contributed by atoms with Crippen LogP contribution in [-0.4, -0.2) is 11.9 Å². The van der Waals surface area contributed by atoms with Crippen LogP contribution in [0, 0.1) is 0 Å². The first kappa shape index (κ1) is 19.9. The normalized spacial score (nSPS) is 10.3. The van der Waals surface area contributed by atoms with Gasteiger partial charge in [0.05, 0.1) is 12.5 Å². The van der Waals surface area contributed by atoms with E-state index in [0.717, 1.165) is 16.7 Å². The molecule has 5 nitrogen and oxygen atoms in total. The molecule has 0 saturated carbocycles. The van der Waals surface area contributed by atoms with Crippen molar-refractivity contribution in [2.24, 2.45) is 0 Å². The predicted octanol–water partition coefficient (Wildman–Crippen LogP) is 5.58. The zero-order valence-corrected chi connectivity index (χ0v) is 16.2. The van der Waals surface area contributed by atoms with E-state index in [0.29, 0.717) is 28.2 Å². The standard InChI is InChI=1S/C24H20O5/c1-15(2)23(25)28-20-8-5-17(6-9-20)18-7-10-22(29-24(26)16(3)4)21(13-18)19-11-12-27-14-19/h5-14H,1,3H2,2,4H3. The molecule has 0 fully saturated rings. The van der Waals surface area contributed by atoms with Crippen LogP contribution in [0.15, 0.2) is 89.8 Å². The number of esters is 2. The fraction of sp³-hybridized carbons (Fsp3) is 0.0833. The second-order valence-corrected chi connectivity index (χ2v) is 6.59. The third kappa shape index (κ3) is 4.71. The molecular weight excluding hydrogens is 368 g/mol. The highest BCUT2D eigenvalue weighted by atomic mass is 16.5. The van der Waals surface area contributed by atoms with Gasteiger partial charge in [-0.05, 0) is 55.3 Å². The zero-order chi connectivity index (χ0) is 21.0. The van der Waals surface area contributed by atoms with E-state index in [2.05, 4.69) is 13.2 Å². The van der Waals surface area contributed by atoms with Crippen molar-refractivity contribution in [3.05, 3.63) is 85.4 Å². The molecule has 1 aromatic heterocycles. The summed E-state index contributed by atoms with van der Waals surface area (Å²) in [6.07, 6.45) is 3.13. The van der Waals surface area contributed by atoms with Crippen LogP contribution in [-0.2, 0) is 9.59 Å². The first-order chi connectivity index (χ1) is 13.8. The second kappa shape index (κ2) is 8.44. The maximum Gasteiger partial charge on any atom is 0.338 e. The third-order valence-corrected chi connectivity index (χ3v) is 4.11. The van der Waals surface area contributed by atoms with E-state index in [-0.39, 0.29) is 0 Å². The van der Waals surface area contributed by atoms with Crippen molar-refractivity contribution in [2.75, 3.05) is 0 Å². The van der Waals surface area contributed by atoms with Crippen molar-refractivity contribution in [2.45, 2.75) is 13.8 Å². The number of furan rings is 1. The van der Waals surface area contributed by atoms with Crippen molar-refractivity contribution in [3.63, 3.8) is 0 Å². The Kier molecular flexibility index (Phi) is 5.79. The summed E-state index contributed by atoms with van der Waals surface area (Å²) in [5.74, 6) is -0.117. The number of carbonyl (C=O) groups excluding carboxylic acids is 2. The summed E-state index contributed by atoms with van der Waals surface area (Å²) in [7, 11) is 0.